The van der Waals surface area contributed by atoms with Crippen molar-refractivity contribution < 1.29 is 27.1 Å². The zero-order valence-corrected chi connectivity index (χ0v) is 17.5. The summed E-state index contributed by atoms with van der Waals surface area (Å²) in [6, 6.07) is 17.3. The zero-order chi connectivity index (χ0) is 23.2. The number of hydrogen-bond acceptors (Lipinski definition) is 5. The molecular weight excluding hydrogens is 435 g/mol. The van der Waals surface area contributed by atoms with Gasteiger partial charge in [-0.15, -0.1) is 0 Å². The van der Waals surface area contributed by atoms with Gasteiger partial charge in [0, 0.05) is 17.1 Å². The van der Waals surface area contributed by atoms with Crippen LogP contribution in [0, 0.1) is 0 Å². The van der Waals surface area contributed by atoms with Gasteiger partial charge >= 0.3 is 11.8 Å². The molecule has 8 heteroatoms. The van der Waals surface area contributed by atoms with Crippen LogP contribution < -0.4 is 20.0 Å². The van der Waals surface area contributed by atoms with E-state index in [0.29, 0.717) is 40.4 Å². The van der Waals surface area contributed by atoms with Gasteiger partial charge in [-0.3, -0.25) is 0 Å². The summed E-state index contributed by atoms with van der Waals surface area (Å²) in [6.45, 7) is 0.472. The quantitative estimate of drug-likeness (QED) is 0.365. The molecule has 0 aliphatic carbocycles. The number of fused-ring (bicyclic) bond motifs is 3. The Kier molecular flexibility index (Phi) is 5.00. The molecule has 0 unspecified atom stereocenters. The summed E-state index contributed by atoms with van der Waals surface area (Å²) in [7, 11) is 1.58. The standard InChI is InChI=1S/C25H18F3NO4/c1-31-18-8-2-15(3-9-18)20-12-23(30)33-24-19(20)10-11-22-21(24)13-29(14-32-22)17-6-4-16(5-7-17)25(26,27)28/h2-12H,13-14H2,1H3. The van der Waals surface area contributed by atoms with E-state index in [0.717, 1.165) is 23.1 Å². The normalized spacial score (nSPS) is 13.5. The molecule has 0 fully saturated rings. The van der Waals surface area contributed by atoms with Gasteiger partial charge in [0.25, 0.3) is 0 Å². The van der Waals surface area contributed by atoms with Crippen molar-refractivity contribution in [2.75, 3.05) is 18.7 Å². The molecule has 0 bridgehead atoms. The van der Waals surface area contributed by atoms with Crippen LogP contribution in [0.25, 0.3) is 22.1 Å². The molecule has 0 spiro atoms. The van der Waals surface area contributed by atoms with Gasteiger partial charge in [-0.1, -0.05) is 12.1 Å². The molecule has 1 aliphatic rings. The third-order valence-electron chi connectivity index (χ3n) is 5.66. The van der Waals surface area contributed by atoms with Crippen molar-refractivity contribution in [2.24, 2.45) is 0 Å². The Morgan fingerprint density at radius 2 is 1.70 bits per heavy atom. The number of benzene rings is 3. The third-order valence-corrected chi connectivity index (χ3v) is 5.66. The molecule has 0 amide bonds. The Balaban J connectivity index is 1.56. The molecule has 4 aromatic rings. The maximum Gasteiger partial charge on any atom is 0.416 e. The van der Waals surface area contributed by atoms with Crippen LogP contribution in [-0.2, 0) is 12.7 Å². The van der Waals surface area contributed by atoms with E-state index in [1.54, 1.807) is 12.0 Å². The first-order chi connectivity index (χ1) is 15.8. The molecule has 2 heterocycles. The minimum Gasteiger partial charge on any atom is -0.497 e. The monoisotopic (exact) mass is 453 g/mol. The second kappa shape index (κ2) is 7.88. The van der Waals surface area contributed by atoms with Crippen LogP contribution in [0.3, 0.4) is 0 Å². The smallest absolute Gasteiger partial charge is 0.416 e. The van der Waals surface area contributed by atoms with Crippen molar-refractivity contribution in [3.63, 3.8) is 0 Å². The van der Waals surface area contributed by atoms with Gasteiger partial charge in [-0.25, -0.2) is 4.79 Å². The highest BCUT2D eigenvalue weighted by Crippen LogP contribution is 2.38. The van der Waals surface area contributed by atoms with Crippen LogP contribution in [0.4, 0.5) is 18.9 Å². The van der Waals surface area contributed by atoms with E-state index in [4.69, 9.17) is 13.9 Å². The summed E-state index contributed by atoms with van der Waals surface area (Å²) in [5.41, 5.74) is 1.93. The van der Waals surface area contributed by atoms with E-state index in [1.165, 1.54) is 18.2 Å². The largest absolute Gasteiger partial charge is 0.497 e. The first kappa shape index (κ1) is 20.9. The van der Waals surface area contributed by atoms with Crippen molar-refractivity contribution in [3.05, 3.63) is 88.3 Å². The number of ether oxygens (including phenoxy) is 2. The van der Waals surface area contributed by atoms with Crippen molar-refractivity contribution >= 4 is 16.7 Å². The lowest BCUT2D eigenvalue weighted by Crippen LogP contribution is -2.32. The Morgan fingerprint density at radius 1 is 0.970 bits per heavy atom. The topological polar surface area (TPSA) is 51.9 Å². The maximum atomic E-state index is 12.9. The molecule has 0 atom stereocenters. The number of anilines is 1. The summed E-state index contributed by atoms with van der Waals surface area (Å²) < 4.78 is 55.3. The van der Waals surface area contributed by atoms with Crippen molar-refractivity contribution in [1.82, 2.24) is 0 Å². The van der Waals surface area contributed by atoms with Gasteiger partial charge in [0.15, 0.2) is 6.73 Å². The van der Waals surface area contributed by atoms with Crippen LogP contribution in [-0.4, -0.2) is 13.8 Å². The first-order valence-corrected chi connectivity index (χ1v) is 10.1. The lowest BCUT2D eigenvalue weighted by atomic mass is 9.99. The number of alkyl halides is 3. The number of rotatable bonds is 3. The minimum atomic E-state index is -4.40. The predicted molar refractivity (Wildman–Crippen MR) is 118 cm³/mol. The molecule has 33 heavy (non-hydrogen) atoms. The van der Waals surface area contributed by atoms with E-state index >= 15 is 0 Å². The first-order valence-electron chi connectivity index (χ1n) is 10.1. The Morgan fingerprint density at radius 3 is 2.36 bits per heavy atom. The summed E-state index contributed by atoms with van der Waals surface area (Å²) in [5, 5.41) is 0.733. The Bertz CT molecular complexity index is 1380. The predicted octanol–water partition coefficient (Wildman–Crippen LogP) is 5.84. The average Bonchev–Trinajstić information content (AvgIpc) is 2.83. The van der Waals surface area contributed by atoms with Crippen molar-refractivity contribution in [1.29, 1.82) is 0 Å². The van der Waals surface area contributed by atoms with Gasteiger partial charge in [-0.2, -0.15) is 13.2 Å². The number of methoxy groups -OCH3 is 1. The summed E-state index contributed by atoms with van der Waals surface area (Å²) in [6.07, 6.45) is -4.40. The zero-order valence-electron chi connectivity index (χ0n) is 17.5. The molecule has 168 valence electrons. The summed E-state index contributed by atoms with van der Waals surface area (Å²) >= 11 is 0. The lowest BCUT2D eigenvalue weighted by molar-refractivity contribution is -0.137. The van der Waals surface area contributed by atoms with E-state index in [-0.39, 0.29) is 6.73 Å². The highest BCUT2D eigenvalue weighted by Gasteiger charge is 2.30. The van der Waals surface area contributed by atoms with Crippen LogP contribution >= 0.6 is 0 Å². The van der Waals surface area contributed by atoms with E-state index < -0.39 is 17.4 Å². The minimum absolute atomic E-state index is 0.159. The molecule has 1 aliphatic heterocycles. The van der Waals surface area contributed by atoms with Crippen LogP contribution in [0.1, 0.15) is 11.1 Å². The molecule has 0 saturated heterocycles. The van der Waals surface area contributed by atoms with Crippen LogP contribution in [0.15, 0.2) is 75.9 Å². The molecule has 5 nitrogen and oxygen atoms in total. The fraction of sp³-hybridized carbons (Fsp3) is 0.160. The van der Waals surface area contributed by atoms with Gasteiger partial charge in [0.2, 0.25) is 0 Å². The van der Waals surface area contributed by atoms with E-state index in [1.807, 2.05) is 36.4 Å². The van der Waals surface area contributed by atoms with Crippen LogP contribution in [0.2, 0.25) is 0 Å². The van der Waals surface area contributed by atoms with E-state index in [2.05, 4.69) is 0 Å². The van der Waals surface area contributed by atoms with Crippen LogP contribution in [0.5, 0.6) is 11.5 Å². The number of nitrogens with zero attached hydrogens (tertiary/aromatic N) is 1. The number of halogens is 3. The fourth-order valence-corrected chi connectivity index (χ4v) is 3.97. The van der Waals surface area contributed by atoms with Gasteiger partial charge in [-0.05, 0) is 59.7 Å². The lowest BCUT2D eigenvalue weighted by Gasteiger charge is -2.31. The second-order valence-corrected chi connectivity index (χ2v) is 7.64. The fourth-order valence-electron chi connectivity index (χ4n) is 3.97. The molecule has 0 radical (unpaired) electrons. The Hall–Kier alpha value is -3.94. The average molecular weight is 453 g/mol. The molecule has 0 saturated carbocycles. The molecule has 0 N–H and O–H groups in total. The highest BCUT2D eigenvalue weighted by molar-refractivity contribution is 5.96. The van der Waals surface area contributed by atoms with E-state index in [9.17, 15) is 18.0 Å². The van der Waals surface area contributed by atoms with Gasteiger partial charge in [0.05, 0.1) is 24.8 Å². The molecule has 1 aromatic heterocycles. The second-order valence-electron chi connectivity index (χ2n) is 7.64. The van der Waals surface area contributed by atoms with Crippen molar-refractivity contribution in [3.8, 4) is 22.6 Å². The molecular formula is C25H18F3NO4. The van der Waals surface area contributed by atoms with Crippen molar-refractivity contribution in [2.45, 2.75) is 12.7 Å². The SMILES string of the molecule is COc1ccc(-c2cc(=O)oc3c4c(ccc23)OCN(c2ccc(C(F)(F)F)cc2)C4)cc1. The Labute approximate surface area is 186 Å². The highest BCUT2D eigenvalue weighted by atomic mass is 19.4. The molecule has 3 aromatic carbocycles. The third kappa shape index (κ3) is 3.88. The summed E-state index contributed by atoms with van der Waals surface area (Å²) in [4.78, 5) is 14.2. The maximum absolute atomic E-state index is 12.9. The number of hydrogen-bond donors (Lipinski definition) is 0. The van der Waals surface area contributed by atoms with Gasteiger partial charge in [0.1, 0.15) is 17.1 Å². The summed E-state index contributed by atoms with van der Waals surface area (Å²) in [5.74, 6) is 1.27. The molecule has 5 rings (SSSR count). The van der Waals surface area contributed by atoms with Gasteiger partial charge < -0.3 is 18.8 Å².